The summed E-state index contributed by atoms with van der Waals surface area (Å²) in [5.41, 5.74) is 1.24. The second kappa shape index (κ2) is 20.6. The molecule has 0 bridgehead atoms. The summed E-state index contributed by atoms with van der Waals surface area (Å²) in [4.78, 5) is 105. The van der Waals surface area contributed by atoms with Gasteiger partial charge in [-0.2, -0.15) is 0 Å². The van der Waals surface area contributed by atoms with Gasteiger partial charge in [-0.15, -0.1) is 0 Å². The molecule has 17 heteroatoms. The predicted octanol–water partition coefficient (Wildman–Crippen LogP) is 1.13. The van der Waals surface area contributed by atoms with Gasteiger partial charge in [0.25, 0.3) is 0 Å². The Kier molecular flexibility index (Phi) is 15.1. The van der Waals surface area contributed by atoms with Crippen molar-refractivity contribution in [2.75, 3.05) is 64.9 Å². The van der Waals surface area contributed by atoms with Crippen LogP contribution in [0.5, 0.6) is 0 Å². The number of anilines is 1. The molecular weight excluding hydrogens is 773 g/mol. The minimum absolute atomic E-state index is 0.0649. The molecule has 17 nitrogen and oxygen atoms in total. The number of benzene rings is 2. The smallest absolute Gasteiger partial charge is 0.328 e. The van der Waals surface area contributed by atoms with Gasteiger partial charge in [0.1, 0.15) is 42.9 Å². The summed E-state index contributed by atoms with van der Waals surface area (Å²) in [5.74, 6) is -3.66. The molecule has 0 unspecified atom stereocenters. The van der Waals surface area contributed by atoms with E-state index >= 15 is 0 Å². The number of fused-ring (bicyclic) bond motifs is 2. The predicted molar refractivity (Wildman–Crippen MR) is 220 cm³/mol. The van der Waals surface area contributed by atoms with E-state index in [1.807, 2.05) is 13.0 Å². The lowest BCUT2D eigenvalue weighted by molar-refractivity contribution is -0.158. The maximum Gasteiger partial charge on any atom is 0.328 e. The molecule has 2 aromatic rings. The number of carbonyl (C=O) groups is 7. The van der Waals surface area contributed by atoms with E-state index in [9.17, 15) is 33.6 Å². The Bertz CT molecular complexity index is 1850. The monoisotopic (exact) mass is 830 g/mol. The molecule has 6 rings (SSSR count). The molecule has 4 fully saturated rings. The highest BCUT2D eigenvalue weighted by molar-refractivity contribution is 5.98. The average molecular weight is 831 g/mol. The summed E-state index contributed by atoms with van der Waals surface area (Å²) in [6.07, 6.45) is 2.02. The van der Waals surface area contributed by atoms with E-state index in [2.05, 4.69) is 26.2 Å². The Morgan fingerprint density at radius 2 is 1.57 bits per heavy atom. The zero-order chi connectivity index (χ0) is 42.8. The van der Waals surface area contributed by atoms with Gasteiger partial charge >= 0.3 is 12.0 Å². The highest BCUT2D eigenvalue weighted by Crippen LogP contribution is 2.26. The normalized spacial score (nSPS) is 26.4. The van der Waals surface area contributed by atoms with Crippen LogP contribution >= 0.6 is 0 Å². The van der Waals surface area contributed by atoms with Crippen LogP contribution in [0.1, 0.15) is 51.5 Å². The lowest BCUT2D eigenvalue weighted by atomic mass is 10.0. The zero-order valence-electron chi connectivity index (χ0n) is 34.7. The van der Waals surface area contributed by atoms with Gasteiger partial charge in [0.05, 0.1) is 13.2 Å². The van der Waals surface area contributed by atoms with Gasteiger partial charge in [-0.25, -0.2) is 9.59 Å². The van der Waals surface area contributed by atoms with E-state index in [0.29, 0.717) is 57.6 Å². The molecule has 4 aliphatic rings. The lowest BCUT2D eigenvalue weighted by Crippen LogP contribution is -2.61. The number of nitrogens with zero attached hydrogens (tertiary/aromatic N) is 4. The number of para-hydroxylation sites is 1. The summed E-state index contributed by atoms with van der Waals surface area (Å²) in [6, 6.07) is 10.5. The molecule has 0 aliphatic carbocycles. The molecule has 4 saturated heterocycles. The first kappa shape index (κ1) is 44.0. The molecule has 4 N–H and O–H groups in total. The standard InChI is InChI=1S/C43H58N8O9/c1-28-24-36-42(57)60-27-33(46-37(52)32(25-30-12-6-4-7-13-30)47-43(58)45-31-14-8-5-9-15-31)40(55)50-19-11-17-35(50)41(56)48(3)34(16-10-18-49-20-22-59-23-21-49)38(53)44-29(2)39(54)51(36)26-28/h4-9,12-15,28-29,32-36H,10-11,16-27H2,1-3H3,(H,44,53)(H,46,52)(H2,45,47,58)/t28-,29-,32-,33-,34-,35-,36-/m0/s1. The molecule has 7 amide bonds. The highest BCUT2D eigenvalue weighted by Gasteiger charge is 2.45. The molecule has 0 radical (unpaired) electrons. The fourth-order valence-electron chi connectivity index (χ4n) is 8.46. The van der Waals surface area contributed by atoms with E-state index in [-0.39, 0.29) is 25.4 Å². The van der Waals surface area contributed by atoms with Crippen molar-refractivity contribution in [2.45, 2.75) is 88.6 Å². The molecule has 0 spiro atoms. The molecule has 60 heavy (non-hydrogen) atoms. The van der Waals surface area contributed by atoms with Crippen LogP contribution < -0.4 is 21.3 Å². The third kappa shape index (κ3) is 11.2. The fraction of sp³-hybridized carbons (Fsp3) is 0.558. The summed E-state index contributed by atoms with van der Waals surface area (Å²) >= 11 is 0. The van der Waals surface area contributed by atoms with Crippen LogP contribution in [0.3, 0.4) is 0 Å². The van der Waals surface area contributed by atoms with Crippen molar-refractivity contribution in [1.82, 2.24) is 35.6 Å². The van der Waals surface area contributed by atoms with Crippen molar-refractivity contribution in [3.8, 4) is 0 Å². The number of likely N-dealkylation sites (N-methyl/N-ethyl adjacent to an activating group) is 1. The number of rotatable bonds is 10. The van der Waals surface area contributed by atoms with Crippen molar-refractivity contribution < 1.29 is 43.0 Å². The van der Waals surface area contributed by atoms with Crippen molar-refractivity contribution in [1.29, 1.82) is 0 Å². The van der Waals surface area contributed by atoms with Gasteiger partial charge in [0.15, 0.2) is 0 Å². The van der Waals surface area contributed by atoms with Crippen molar-refractivity contribution in [2.24, 2.45) is 5.92 Å². The van der Waals surface area contributed by atoms with E-state index in [0.717, 1.165) is 18.7 Å². The average Bonchev–Trinajstić information content (AvgIpc) is 3.90. The molecule has 2 aromatic carbocycles. The second-order valence-electron chi connectivity index (χ2n) is 16.2. The first-order valence-electron chi connectivity index (χ1n) is 21.0. The first-order valence-corrected chi connectivity index (χ1v) is 21.0. The molecule has 4 heterocycles. The van der Waals surface area contributed by atoms with Gasteiger partial charge < -0.3 is 45.4 Å². The fourth-order valence-corrected chi connectivity index (χ4v) is 8.46. The number of nitrogens with one attached hydrogen (secondary N) is 4. The number of esters is 1. The number of cyclic esters (lactones) is 1. The maximum absolute atomic E-state index is 14.6. The minimum Gasteiger partial charge on any atom is -0.461 e. The van der Waals surface area contributed by atoms with Crippen LogP contribution in [-0.4, -0.2) is 157 Å². The largest absolute Gasteiger partial charge is 0.461 e. The molecule has 0 saturated carbocycles. The van der Waals surface area contributed by atoms with Gasteiger partial charge in [-0.05, 0) is 69.2 Å². The van der Waals surface area contributed by atoms with Crippen LogP contribution in [0.2, 0.25) is 0 Å². The molecular formula is C43H58N8O9. The van der Waals surface area contributed by atoms with Crippen LogP contribution in [0.4, 0.5) is 10.5 Å². The summed E-state index contributed by atoms with van der Waals surface area (Å²) in [6.45, 7) is 6.73. The van der Waals surface area contributed by atoms with Crippen LogP contribution in [-0.2, 0) is 44.7 Å². The number of carbonyl (C=O) groups excluding carboxylic acids is 7. The Morgan fingerprint density at radius 3 is 2.28 bits per heavy atom. The van der Waals surface area contributed by atoms with Gasteiger partial charge in [0, 0.05) is 45.3 Å². The quantitative estimate of drug-likeness (QED) is 0.252. The number of hydrogen-bond donors (Lipinski definition) is 4. The van der Waals surface area contributed by atoms with Crippen LogP contribution in [0.15, 0.2) is 60.7 Å². The number of morpholine rings is 1. The number of urea groups is 1. The maximum atomic E-state index is 14.6. The summed E-state index contributed by atoms with van der Waals surface area (Å²) < 4.78 is 11.2. The summed E-state index contributed by atoms with van der Waals surface area (Å²) in [5, 5.41) is 11.0. The van der Waals surface area contributed by atoms with Crippen LogP contribution in [0.25, 0.3) is 0 Å². The van der Waals surface area contributed by atoms with Gasteiger partial charge in [-0.1, -0.05) is 55.5 Å². The van der Waals surface area contributed by atoms with E-state index in [1.54, 1.807) is 61.5 Å². The van der Waals surface area contributed by atoms with Gasteiger partial charge in [0.2, 0.25) is 29.5 Å². The van der Waals surface area contributed by atoms with Crippen molar-refractivity contribution >= 4 is 47.2 Å². The van der Waals surface area contributed by atoms with E-state index in [4.69, 9.17) is 9.47 Å². The first-order chi connectivity index (χ1) is 28.9. The van der Waals surface area contributed by atoms with E-state index in [1.165, 1.54) is 21.7 Å². The minimum atomic E-state index is -1.46. The number of ether oxygens (including phenoxy) is 2. The molecule has 4 aliphatic heterocycles. The van der Waals surface area contributed by atoms with E-state index < -0.39 is 84.4 Å². The third-order valence-electron chi connectivity index (χ3n) is 11.7. The molecule has 324 valence electrons. The highest BCUT2D eigenvalue weighted by atomic mass is 16.5. The Hall–Kier alpha value is -5.55. The number of amides is 7. The Morgan fingerprint density at radius 1 is 0.867 bits per heavy atom. The third-order valence-corrected chi connectivity index (χ3v) is 11.7. The van der Waals surface area contributed by atoms with Crippen molar-refractivity contribution in [3.63, 3.8) is 0 Å². The lowest BCUT2D eigenvalue weighted by Gasteiger charge is -2.35. The SMILES string of the molecule is C[C@H]1C[C@H]2C(=O)OC[C@H](NC(=O)[C@H](Cc3ccccc3)NC(=O)Nc3ccccc3)C(=O)N3CCC[C@H]3C(=O)N(C)[C@@H](CCCN3CCOCC3)C(=O)N[C@@H](C)C(=O)N2C1. The van der Waals surface area contributed by atoms with Crippen LogP contribution in [0, 0.1) is 5.92 Å². The zero-order valence-corrected chi connectivity index (χ0v) is 34.7. The number of hydrogen-bond acceptors (Lipinski definition) is 10. The Balaban J connectivity index is 1.28. The summed E-state index contributed by atoms with van der Waals surface area (Å²) in [7, 11) is 1.54. The topological polar surface area (TPSA) is 199 Å². The van der Waals surface area contributed by atoms with Crippen molar-refractivity contribution in [3.05, 3.63) is 66.2 Å². The molecule has 0 aromatic heterocycles. The Labute approximate surface area is 350 Å². The van der Waals surface area contributed by atoms with Gasteiger partial charge in [-0.3, -0.25) is 28.9 Å². The molecule has 7 atom stereocenters. The second-order valence-corrected chi connectivity index (χ2v) is 16.2.